The molecule has 2 unspecified atom stereocenters. The predicted molar refractivity (Wildman–Crippen MR) is 73.3 cm³/mol. The van der Waals surface area contributed by atoms with Crippen molar-refractivity contribution in [2.45, 2.75) is 58.0 Å². The van der Waals surface area contributed by atoms with Gasteiger partial charge < -0.3 is 10.0 Å². The molecule has 1 aliphatic heterocycles. The molecule has 1 aliphatic rings. The lowest BCUT2D eigenvalue weighted by molar-refractivity contribution is -0.136. The molecule has 5 heteroatoms. The highest BCUT2D eigenvalue weighted by atomic mass is 32.1. The first kappa shape index (κ1) is 13.3. The maximum Gasteiger partial charge on any atom is 0.303 e. The number of aryl methyl sites for hydroxylation is 1. The van der Waals surface area contributed by atoms with E-state index in [9.17, 15) is 4.79 Å². The molecule has 0 bridgehead atoms. The van der Waals surface area contributed by atoms with E-state index >= 15 is 0 Å². The quantitative estimate of drug-likeness (QED) is 0.892. The summed E-state index contributed by atoms with van der Waals surface area (Å²) in [6.45, 7) is 4.46. The summed E-state index contributed by atoms with van der Waals surface area (Å²) in [5.41, 5.74) is 0.909. The van der Waals surface area contributed by atoms with Crippen LogP contribution in [0.2, 0.25) is 0 Å². The number of hydrogen-bond acceptors (Lipinski definition) is 4. The minimum Gasteiger partial charge on any atom is -0.481 e. The van der Waals surface area contributed by atoms with Gasteiger partial charge in [0.25, 0.3) is 0 Å². The lowest BCUT2D eigenvalue weighted by Gasteiger charge is -2.27. The van der Waals surface area contributed by atoms with Crippen molar-refractivity contribution >= 4 is 22.4 Å². The Morgan fingerprint density at radius 1 is 1.61 bits per heavy atom. The van der Waals surface area contributed by atoms with E-state index in [-0.39, 0.29) is 6.42 Å². The van der Waals surface area contributed by atoms with Crippen LogP contribution >= 0.6 is 11.3 Å². The number of anilines is 1. The molecular weight excluding hydrogens is 248 g/mol. The third-order valence-corrected chi connectivity index (χ3v) is 4.52. The van der Waals surface area contributed by atoms with E-state index in [2.05, 4.69) is 23.7 Å². The van der Waals surface area contributed by atoms with Crippen molar-refractivity contribution in [1.29, 1.82) is 0 Å². The van der Waals surface area contributed by atoms with E-state index in [0.29, 0.717) is 18.5 Å². The summed E-state index contributed by atoms with van der Waals surface area (Å²) in [5.74, 6) is -0.759. The number of aliphatic carboxylic acids is 1. The summed E-state index contributed by atoms with van der Waals surface area (Å²) in [4.78, 5) is 17.6. The molecule has 1 aromatic heterocycles. The monoisotopic (exact) mass is 268 g/mol. The fourth-order valence-corrected chi connectivity index (χ4v) is 3.61. The van der Waals surface area contributed by atoms with Gasteiger partial charge in [-0.25, -0.2) is 4.98 Å². The third kappa shape index (κ3) is 2.83. The molecule has 18 heavy (non-hydrogen) atoms. The topological polar surface area (TPSA) is 53.4 Å². The average Bonchev–Trinajstić information content (AvgIpc) is 2.92. The molecule has 1 saturated heterocycles. The zero-order chi connectivity index (χ0) is 13.1. The van der Waals surface area contributed by atoms with Gasteiger partial charge in [-0.05, 0) is 26.2 Å². The Bertz CT molecular complexity index is 419. The van der Waals surface area contributed by atoms with Gasteiger partial charge >= 0.3 is 5.97 Å². The van der Waals surface area contributed by atoms with Gasteiger partial charge in [-0.1, -0.05) is 6.92 Å². The van der Waals surface area contributed by atoms with E-state index < -0.39 is 5.97 Å². The molecule has 0 amide bonds. The van der Waals surface area contributed by atoms with Crippen LogP contribution in [0.5, 0.6) is 0 Å². The maximum atomic E-state index is 10.6. The van der Waals surface area contributed by atoms with Gasteiger partial charge in [-0.2, -0.15) is 0 Å². The highest BCUT2D eigenvalue weighted by molar-refractivity contribution is 7.13. The second-order valence-electron chi connectivity index (χ2n) is 4.91. The molecule has 100 valence electrons. The van der Waals surface area contributed by atoms with Crippen LogP contribution in [0.15, 0.2) is 5.38 Å². The molecule has 4 nitrogen and oxygen atoms in total. The van der Waals surface area contributed by atoms with E-state index in [1.54, 1.807) is 11.3 Å². The van der Waals surface area contributed by atoms with Crippen molar-refractivity contribution in [2.24, 2.45) is 0 Å². The molecule has 0 aromatic carbocycles. The highest BCUT2D eigenvalue weighted by Crippen LogP contribution is 2.34. The molecule has 1 N–H and O–H groups in total. The standard InChI is InChI=1S/C13H20N2O2S/c1-3-11-6-4-9(2)15(11)13-14-10(8-18-13)5-7-12(16)17/h8-9,11H,3-7H2,1-2H3,(H,16,17). The number of nitrogens with zero attached hydrogens (tertiary/aromatic N) is 2. The van der Waals surface area contributed by atoms with Crippen molar-refractivity contribution in [3.63, 3.8) is 0 Å². The number of hydrogen-bond donors (Lipinski definition) is 1. The molecule has 0 aliphatic carbocycles. The molecule has 2 heterocycles. The van der Waals surface area contributed by atoms with Gasteiger partial charge in [0.15, 0.2) is 5.13 Å². The number of carbonyl (C=O) groups is 1. The third-order valence-electron chi connectivity index (χ3n) is 3.61. The Labute approximate surface area is 112 Å². The first-order valence-corrected chi connectivity index (χ1v) is 7.44. The van der Waals surface area contributed by atoms with Crippen LogP contribution in [0.3, 0.4) is 0 Å². The first-order chi connectivity index (χ1) is 8.61. The lowest BCUT2D eigenvalue weighted by atomic mass is 10.2. The van der Waals surface area contributed by atoms with E-state index in [1.165, 1.54) is 12.8 Å². The van der Waals surface area contributed by atoms with Crippen molar-refractivity contribution < 1.29 is 9.90 Å². The SMILES string of the molecule is CCC1CCC(C)N1c1nc(CCC(=O)O)cs1. The Kier molecular flexibility index (Phi) is 4.22. The van der Waals surface area contributed by atoms with Gasteiger partial charge in [0.05, 0.1) is 12.1 Å². The van der Waals surface area contributed by atoms with Gasteiger partial charge in [-0.15, -0.1) is 11.3 Å². The van der Waals surface area contributed by atoms with Crippen LogP contribution in [-0.2, 0) is 11.2 Å². The average molecular weight is 268 g/mol. The minimum absolute atomic E-state index is 0.163. The summed E-state index contributed by atoms with van der Waals surface area (Å²) in [5, 5.41) is 11.7. The Morgan fingerprint density at radius 2 is 2.39 bits per heavy atom. The van der Waals surface area contributed by atoms with Crippen LogP contribution in [0.1, 0.15) is 45.2 Å². The molecule has 2 atom stereocenters. The number of carboxylic acids is 1. The Morgan fingerprint density at radius 3 is 3.06 bits per heavy atom. The van der Waals surface area contributed by atoms with Crippen LogP contribution in [0.4, 0.5) is 5.13 Å². The second-order valence-corrected chi connectivity index (χ2v) is 5.75. The zero-order valence-corrected chi connectivity index (χ0v) is 11.7. The summed E-state index contributed by atoms with van der Waals surface area (Å²) >= 11 is 1.64. The number of carboxylic acid groups (broad SMARTS) is 1. The van der Waals surface area contributed by atoms with Crippen LogP contribution in [0.25, 0.3) is 0 Å². The van der Waals surface area contributed by atoms with Crippen LogP contribution < -0.4 is 4.90 Å². The Hall–Kier alpha value is -1.10. The predicted octanol–water partition coefficient (Wildman–Crippen LogP) is 2.93. The van der Waals surface area contributed by atoms with Crippen molar-refractivity contribution in [3.05, 3.63) is 11.1 Å². The number of thiazole rings is 1. The normalized spacial score (nSPS) is 23.6. The van der Waals surface area contributed by atoms with Crippen LogP contribution in [0, 0.1) is 0 Å². The molecule has 0 spiro atoms. The molecular formula is C13H20N2O2S. The fourth-order valence-electron chi connectivity index (χ4n) is 2.58. The van der Waals surface area contributed by atoms with Gasteiger partial charge in [0.2, 0.25) is 0 Å². The zero-order valence-electron chi connectivity index (χ0n) is 10.9. The molecule has 1 aromatic rings. The summed E-state index contributed by atoms with van der Waals surface area (Å²) in [6.07, 6.45) is 4.30. The fraction of sp³-hybridized carbons (Fsp3) is 0.692. The molecule has 2 rings (SSSR count). The number of aromatic nitrogens is 1. The van der Waals surface area contributed by atoms with E-state index in [0.717, 1.165) is 17.2 Å². The Balaban J connectivity index is 2.06. The molecule has 0 radical (unpaired) electrons. The second kappa shape index (κ2) is 5.69. The largest absolute Gasteiger partial charge is 0.481 e. The maximum absolute atomic E-state index is 10.6. The first-order valence-electron chi connectivity index (χ1n) is 6.56. The van der Waals surface area contributed by atoms with E-state index in [4.69, 9.17) is 5.11 Å². The summed E-state index contributed by atoms with van der Waals surface area (Å²) in [7, 11) is 0. The summed E-state index contributed by atoms with van der Waals surface area (Å²) in [6, 6.07) is 1.15. The van der Waals surface area contributed by atoms with Crippen LogP contribution in [-0.4, -0.2) is 28.1 Å². The highest BCUT2D eigenvalue weighted by Gasteiger charge is 2.31. The van der Waals surface area contributed by atoms with Gasteiger partial charge in [-0.3, -0.25) is 4.79 Å². The van der Waals surface area contributed by atoms with Crippen molar-refractivity contribution in [3.8, 4) is 0 Å². The minimum atomic E-state index is -0.759. The van der Waals surface area contributed by atoms with Crippen molar-refractivity contribution in [1.82, 2.24) is 4.98 Å². The van der Waals surface area contributed by atoms with E-state index in [1.807, 2.05) is 5.38 Å². The van der Waals surface area contributed by atoms with Gasteiger partial charge in [0, 0.05) is 23.9 Å². The number of rotatable bonds is 5. The lowest BCUT2D eigenvalue weighted by Crippen LogP contribution is -2.33. The molecule has 1 fully saturated rings. The summed E-state index contributed by atoms with van der Waals surface area (Å²) < 4.78 is 0. The van der Waals surface area contributed by atoms with Gasteiger partial charge in [0.1, 0.15) is 0 Å². The molecule has 0 saturated carbocycles. The smallest absolute Gasteiger partial charge is 0.303 e. The van der Waals surface area contributed by atoms with Crippen molar-refractivity contribution in [2.75, 3.05) is 4.90 Å².